The Morgan fingerprint density at radius 1 is 1.32 bits per heavy atom. The van der Waals surface area contributed by atoms with Gasteiger partial charge in [0.1, 0.15) is 0 Å². The van der Waals surface area contributed by atoms with Crippen molar-refractivity contribution in [1.29, 1.82) is 0 Å². The number of allylic oxidation sites excluding steroid dienone is 1. The molecule has 19 heavy (non-hydrogen) atoms. The maximum absolute atomic E-state index is 8.99. The number of hydrogen-bond donors (Lipinski definition) is 0. The van der Waals surface area contributed by atoms with Gasteiger partial charge in [-0.25, -0.2) is 0 Å². The summed E-state index contributed by atoms with van der Waals surface area (Å²) < 4.78 is 0.936. The van der Waals surface area contributed by atoms with Crippen molar-refractivity contribution in [3.63, 3.8) is 0 Å². The van der Waals surface area contributed by atoms with Crippen LogP contribution in [0.2, 0.25) is 0 Å². The maximum atomic E-state index is 8.99. The van der Waals surface area contributed by atoms with E-state index in [0.717, 1.165) is 6.42 Å². The van der Waals surface area contributed by atoms with Gasteiger partial charge >= 0.3 is 120 Å². The van der Waals surface area contributed by atoms with E-state index in [-0.39, 0.29) is 20.4 Å². The Morgan fingerprint density at radius 3 is 2.58 bits per heavy atom. The Hall–Kier alpha value is -1.21. The van der Waals surface area contributed by atoms with Gasteiger partial charge in [-0.2, -0.15) is 0 Å². The van der Waals surface area contributed by atoms with Gasteiger partial charge in [-0.05, 0) is 0 Å². The molecule has 1 unspecified atom stereocenters. The summed E-state index contributed by atoms with van der Waals surface area (Å²) in [4.78, 5) is 3.14. The van der Waals surface area contributed by atoms with Crippen molar-refractivity contribution < 1.29 is 0 Å². The van der Waals surface area contributed by atoms with E-state index in [1.54, 1.807) is 0 Å². The summed E-state index contributed by atoms with van der Waals surface area (Å²) in [6.45, 7) is 8.62. The van der Waals surface area contributed by atoms with Crippen molar-refractivity contribution in [3.8, 4) is 0 Å². The molecule has 3 nitrogen and oxygen atoms in total. The number of benzene rings is 1. The summed E-state index contributed by atoms with van der Waals surface area (Å²) in [5.74, 6) is 0. The molecule has 0 amide bonds. The van der Waals surface area contributed by atoms with Gasteiger partial charge in [0.05, 0.1) is 0 Å². The number of fused-ring (bicyclic) bond motifs is 1. The molecular formula is C15H19N3Se. The molecule has 1 atom stereocenters. The van der Waals surface area contributed by atoms with Gasteiger partial charge in [0, 0.05) is 0 Å². The molecule has 1 aliphatic heterocycles. The first-order chi connectivity index (χ1) is 8.93. The number of rotatable bonds is 2. The average molecular weight is 320 g/mol. The molecular weight excluding hydrogens is 301 g/mol. The van der Waals surface area contributed by atoms with Crippen LogP contribution in [0.1, 0.15) is 39.7 Å². The zero-order valence-corrected chi connectivity index (χ0v) is 13.6. The summed E-state index contributed by atoms with van der Waals surface area (Å²) >= 11 is 0.118. The predicted molar refractivity (Wildman–Crippen MR) is 81.4 cm³/mol. The summed E-state index contributed by atoms with van der Waals surface area (Å²) in [5, 5.41) is 4.22. The van der Waals surface area contributed by atoms with Crippen LogP contribution in [0.3, 0.4) is 0 Å². The van der Waals surface area contributed by atoms with Crippen LogP contribution in [0.4, 0.5) is 0 Å². The van der Waals surface area contributed by atoms with Gasteiger partial charge in [-0.1, -0.05) is 0 Å². The molecule has 1 aromatic rings. The first-order valence-electron chi connectivity index (χ1n) is 6.50. The fourth-order valence-corrected chi connectivity index (χ4v) is 5.15. The quantitative estimate of drug-likeness (QED) is 0.344. The molecule has 100 valence electrons. The third-order valence-corrected chi connectivity index (χ3v) is 7.08. The topological polar surface area (TPSA) is 48.8 Å². The molecule has 0 spiro atoms. The van der Waals surface area contributed by atoms with Crippen molar-refractivity contribution in [1.82, 2.24) is 0 Å². The van der Waals surface area contributed by atoms with Gasteiger partial charge in [0.25, 0.3) is 0 Å². The van der Waals surface area contributed by atoms with Crippen molar-refractivity contribution in [2.45, 2.75) is 38.6 Å². The first-order valence-corrected chi connectivity index (χ1v) is 8.21. The summed E-state index contributed by atoms with van der Waals surface area (Å²) in [7, 11) is 0. The molecule has 0 bridgehead atoms. The third kappa shape index (κ3) is 2.44. The van der Waals surface area contributed by atoms with Crippen molar-refractivity contribution >= 4 is 25.0 Å². The second-order valence-corrected chi connectivity index (χ2v) is 8.41. The van der Waals surface area contributed by atoms with Crippen LogP contribution >= 0.6 is 0 Å². The molecule has 4 heteroatoms. The summed E-state index contributed by atoms with van der Waals surface area (Å²) in [6, 6.07) is 8.50. The molecule has 2 rings (SSSR count). The van der Waals surface area contributed by atoms with E-state index in [0.29, 0.717) is 0 Å². The van der Waals surface area contributed by atoms with Crippen LogP contribution in [-0.4, -0.2) is 19.4 Å². The number of nitrogens with zero attached hydrogens (tertiary/aromatic N) is 3. The summed E-state index contributed by atoms with van der Waals surface area (Å²) in [5.41, 5.74) is 11.5. The van der Waals surface area contributed by atoms with Gasteiger partial charge in [0.15, 0.2) is 0 Å². The Labute approximate surface area is 120 Å². The van der Waals surface area contributed by atoms with Crippen LogP contribution < -0.4 is 4.46 Å². The van der Waals surface area contributed by atoms with Crippen LogP contribution in [0.15, 0.2) is 35.5 Å². The molecule has 1 aliphatic rings. The van der Waals surface area contributed by atoms with E-state index in [1.807, 2.05) is 0 Å². The van der Waals surface area contributed by atoms with Crippen molar-refractivity contribution in [2.75, 3.05) is 0 Å². The van der Waals surface area contributed by atoms with Crippen molar-refractivity contribution in [2.24, 2.45) is 10.5 Å². The Kier molecular flexibility index (Phi) is 3.78. The van der Waals surface area contributed by atoms with Gasteiger partial charge < -0.3 is 0 Å². The second kappa shape index (κ2) is 5.05. The zero-order chi connectivity index (χ0) is 14.1. The first kappa shape index (κ1) is 14.2. The minimum absolute atomic E-state index is 0.0762. The fraction of sp³-hybridized carbons (Fsp3) is 0.467. The molecule has 0 radical (unpaired) electrons. The minimum atomic E-state index is -0.408. The number of hydrogen-bond acceptors (Lipinski definition) is 1. The Balaban J connectivity index is 2.66. The molecule has 0 N–H and O–H groups in total. The molecule has 0 aliphatic carbocycles. The van der Waals surface area contributed by atoms with Gasteiger partial charge in [-0.15, -0.1) is 0 Å². The SMILES string of the molecule is CCC1=CC(N=[N+]=[N-])(C(C)(C)C)[Se]c2ccccc21. The van der Waals surface area contributed by atoms with Crippen LogP contribution in [0.25, 0.3) is 16.0 Å². The van der Waals surface area contributed by atoms with Crippen LogP contribution in [0, 0.1) is 5.41 Å². The second-order valence-electron chi connectivity index (χ2n) is 5.76. The van der Waals surface area contributed by atoms with Gasteiger partial charge in [-0.3, -0.25) is 0 Å². The van der Waals surface area contributed by atoms with Crippen molar-refractivity contribution in [3.05, 3.63) is 46.3 Å². The molecule has 0 fully saturated rings. The predicted octanol–water partition coefficient (Wildman–Crippen LogP) is 3.88. The van der Waals surface area contributed by atoms with Gasteiger partial charge in [0.2, 0.25) is 0 Å². The van der Waals surface area contributed by atoms with Crippen LogP contribution in [-0.2, 0) is 0 Å². The average Bonchev–Trinajstić information content (AvgIpc) is 2.36. The molecule has 0 aromatic heterocycles. The standard InChI is InChI=1S/C15H19N3Se/c1-5-11-10-15(17-18-16,14(2,3)4)19-13-9-7-6-8-12(11)13/h6-10H,5H2,1-4H3. The zero-order valence-electron chi connectivity index (χ0n) is 11.8. The van der Waals surface area contributed by atoms with Crippen LogP contribution in [0.5, 0.6) is 0 Å². The fourth-order valence-electron chi connectivity index (χ4n) is 2.26. The molecule has 0 saturated carbocycles. The van der Waals surface area contributed by atoms with E-state index >= 15 is 0 Å². The molecule has 1 heterocycles. The third-order valence-electron chi connectivity index (χ3n) is 3.52. The Morgan fingerprint density at radius 2 is 2.00 bits per heavy atom. The van der Waals surface area contributed by atoms with E-state index in [4.69, 9.17) is 5.53 Å². The number of azide groups is 1. The Bertz CT molecular complexity index is 565. The van der Waals surface area contributed by atoms with E-state index in [1.165, 1.54) is 15.6 Å². The molecule has 1 aromatic carbocycles. The summed E-state index contributed by atoms with van der Waals surface area (Å²) in [6.07, 6.45) is 3.18. The van der Waals surface area contributed by atoms with E-state index in [2.05, 4.69) is 68.1 Å². The van der Waals surface area contributed by atoms with E-state index in [9.17, 15) is 0 Å². The monoisotopic (exact) mass is 321 g/mol. The normalized spacial score (nSPS) is 22.2. The van der Waals surface area contributed by atoms with E-state index < -0.39 is 4.44 Å². The molecule has 0 saturated heterocycles.